The SMILES string of the molecule is CCc1c(C)c2cc3[nH]c(cc4nc(c(CC(=O)OC)c5nc(cc1[nH]2)C(C)=C5C(=O)OC)[C@@H](CCC(=O)OC)[C@@H]4C)c(C)c3C(C)OCCCS[C@@H]1O[C@H](CO)[C@@H](O)[C@H](O)[C@H]1O. The predicted molar refractivity (Wildman–Crippen MR) is 238 cm³/mol. The van der Waals surface area contributed by atoms with Gasteiger partial charge in [0, 0.05) is 63.8 Å². The Morgan fingerprint density at radius 2 is 1.57 bits per heavy atom. The number of aliphatic hydroxyl groups excluding tert-OH is 4. The minimum absolute atomic E-state index is 0.0917. The van der Waals surface area contributed by atoms with E-state index in [9.17, 15) is 34.8 Å². The normalized spacial score (nSPS) is 22.8. The van der Waals surface area contributed by atoms with Crippen molar-refractivity contribution in [2.75, 3.05) is 40.3 Å². The zero-order valence-corrected chi connectivity index (χ0v) is 38.2. The van der Waals surface area contributed by atoms with Crippen LogP contribution in [0.15, 0.2) is 18.2 Å². The summed E-state index contributed by atoms with van der Waals surface area (Å²) in [5.41, 5.74) is 9.60. The molecule has 0 aliphatic carbocycles. The van der Waals surface area contributed by atoms with E-state index < -0.39 is 48.4 Å². The van der Waals surface area contributed by atoms with Gasteiger partial charge in [-0.25, -0.2) is 9.78 Å². The minimum Gasteiger partial charge on any atom is -0.469 e. The Morgan fingerprint density at radius 3 is 2.24 bits per heavy atom. The molecular weight excluding hydrogens is 833 g/mol. The van der Waals surface area contributed by atoms with Crippen molar-refractivity contribution in [3.8, 4) is 0 Å². The third-order valence-electron chi connectivity index (χ3n) is 12.5. The van der Waals surface area contributed by atoms with Gasteiger partial charge in [0.05, 0.1) is 63.1 Å². The van der Waals surface area contributed by atoms with Crippen LogP contribution in [0.25, 0.3) is 33.2 Å². The van der Waals surface area contributed by atoms with E-state index in [1.807, 2.05) is 32.9 Å². The molecule has 0 radical (unpaired) electrons. The molecule has 63 heavy (non-hydrogen) atoms. The number of ether oxygens (including phenoxy) is 5. The van der Waals surface area contributed by atoms with E-state index in [-0.39, 0.29) is 48.0 Å². The van der Waals surface area contributed by atoms with Crippen LogP contribution < -0.4 is 0 Å². The van der Waals surface area contributed by atoms with Crippen LogP contribution in [0.2, 0.25) is 0 Å². The van der Waals surface area contributed by atoms with E-state index in [0.717, 1.165) is 44.3 Å². The summed E-state index contributed by atoms with van der Waals surface area (Å²) < 4.78 is 27.6. The van der Waals surface area contributed by atoms with Crippen LogP contribution in [-0.4, -0.2) is 128 Å². The highest BCUT2D eigenvalue weighted by molar-refractivity contribution is 7.99. The molecule has 0 amide bonds. The first-order valence-electron chi connectivity index (χ1n) is 21.3. The van der Waals surface area contributed by atoms with Crippen LogP contribution in [0.5, 0.6) is 0 Å². The maximum atomic E-state index is 13.6. The standard InChI is InChI=1S/C46H60N4O12S/c1-10-26-21(2)29-19-34-38(25(6)61-14-11-15-63-46-44(56)43(55)42(54)35(20-51)62-46)23(4)31(48-34)17-30-22(3)27(12-13-36(52)58-7)40(49-30)28(16-37(53)59-8)41-39(45(57)60-9)24(5)32(50-41)18-33(26)47-29/h17-19,22,25,27,35,42-44,46-48,51,54-56H,10-16,20H2,1-9H3/t22-,25?,27-,35+,42+,43-,44+,46-/m0/s1. The maximum Gasteiger partial charge on any atom is 0.340 e. The first-order chi connectivity index (χ1) is 30.1. The number of hydrogen-bond acceptors (Lipinski definition) is 15. The molecule has 0 saturated carbocycles. The van der Waals surface area contributed by atoms with E-state index in [4.69, 9.17) is 33.7 Å². The number of allylic oxidation sites excluding steroid dienone is 1. The number of esters is 3. The van der Waals surface area contributed by atoms with Crippen LogP contribution in [0, 0.1) is 13.8 Å². The second-order valence-corrected chi connectivity index (χ2v) is 17.5. The van der Waals surface area contributed by atoms with Crippen molar-refractivity contribution in [3.05, 3.63) is 68.8 Å². The van der Waals surface area contributed by atoms with E-state index in [1.165, 1.54) is 33.1 Å². The van der Waals surface area contributed by atoms with Crippen molar-refractivity contribution in [2.45, 2.75) is 121 Å². The Balaban J connectivity index is 1.51. The van der Waals surface area contributed by atoms with Crippen molar-refractivity contribution in [1.29, 1.82) is 0 Å². The number of thioether (sulfide) groups is 1. The second-order valence-electron chi connectivity index (χ2n) is 16.3. The molecule has 3 aromatic heterocycles. The number of hydrogen-bond donors (Lipinski definition) is 6. The molecule has 1 saturated heterocycles. The Hall–Kier alpha value is -4.62. The molecule has 16 nitrogen and oxygen atoms in total. The lowest BCUT2D eigenvalue weighted by molar-refractivity contribution is -0.205. The van der Waals surface area contributed by atoms with Gasteiger partial charge in [0.1, 0.15) is 29.9 Å². The van der Waals surface area contributed by atoms with Crippen molar-refractivity contribution in [3.63, 3.8) is 0 Å². The lowest BCUT2D eigenvalue weighted by Crippen LogP contribution is -2.57. The number of rotatable bonds is 15. The number of fused-ring (bicyclic) bond motifs is 8. The number of aromatic nitrogens is 4. The average Bonchev–Trinajstić information content (AvgIpc) is 3.96. The molecular formula is C46H60N4O12S. The Bertz CT molecular complexity index is 2410. The molecule has 1 unspecified atom stereocenters. The van der Waals surface area contributed by atoms with Gasteiger partial charge in [-0.3, -0.25) is 14.6 Å². The summed E-state index contributed by atoms with van der Waals surface area (Å²) in [4.78, 5) is 57.0. The van der Waals surface area contributed by atoms with Crippen molar-refractivity contribution < 1.29 is 58.5 Å². The summed E-state index contributed by atoms with van der Waals surface area (Å²) in [5.74, 6) is -1.65. The quantitative estimate of drug-likeness (QED) is 0.0657. The maximum absolute atomic E-state index is 13.6. The lowest BCUT2D eigenvalue weighted by atomic mass is 9.84. The van der Waals surface area contributed by atoms with Crippen molar-refractivity contribution in [2.24, 2.45) is 0 Å². The van der Waals surface area contributed by atoms with E-state index >= 15 is 0 Å². The Labute approximate surface area is 370 Å². The molecule has 6 heterocycles. The molecule has 8 atom stereocenters. The fraction of sp³-hybridized carbons (Fsp3) is 0.543. The number of aromatic amines is 2. The van der Waals surface area contributed by atoms with Crippen LogP contribution in [0.1, 0.15) is 115 Å². The van der Waals surface area contributed by atoms with E-state index in [1.54, 1.807) is 6.92 Å². The summed E-state index contributed by atoms with van der Waals surface area (Å²) in [6, 6.07) is 5.97. The largest absolute Gasteiger partial charge is 0.469 e. The third-order valence-corrected chi connectivity index (χ3v) is 13.8. The number of aryl methyl sites for hydroxylation is 3. The first kappa shape index (κ1) is 47.8. The monoisotopic (exact) mass is 892 g/mol. The number of methoxy groups -OCH3 is 3. The van der Waals surface area contributed by atoms with Crippen molar-refractivity contribution in [1.82, 2.24) is 19.9 Å². The van der Waals surface area contributed by atoms with E-state index in [0.29, 0.717) is 59.8 Å². The molecule has 3 aliphatic heterocycles. The number of H-pyrrole nitrogens is 2. The van der Waals surface area contributed by atoms with Crippen LogP contribution >= 0.6 is 11.8 Å². The zero-order valence-electron chi connectivity index (χ0n) is 37.4. The molecule has 342 valence electrons. The highest BCUT2D eigenvalue weighted by Crippen LogP contribution is 2.44. The van der Waals surface area contributed by atoms with Gasteiger partial charge >= 0.3 is 17.9 Å². The minimum atomic E-state index is -1.43. The third kappa shape index (κ3) is 9.75. The van der Waals surface area contributed by atoms with Crippen LogP contribution in [-0.2, 0) is 50.9 Å². The number of aliphatic hydroxyl groups is 4. The molecule has 17 heteroatoms. The topological polar surface area (TPSA) is 236 Å². The highest BCUT2D eigenvalue weighted by Gasteiger charge is 2.43. The molecule has 3 aliphatic rings. The first-order valence-corrected chi connectivity index (χ1v) is 22.4. The second kappa shape index (κ2) is 20.5. The molecule has 0 aromatic carbocycles. The number of carbonyl (C=O) groups excluding carboxylic acids is 3. The fourth-order valence-electron chi connectivity index (χ4n) is 8.85. The summed E-state index contributed by atoms with van der Waals surface area (Å²) >= 11 is 1.28. The summed E-state index contributed by atoms with van der Waals surface area (Å²) in [7, 11) is 3.94. The van der Waals surface area contributed by atoms with Gasteiger partial charge in [-0.15, -0.1) is 11.8 Å². The smallest absolute Gasteiger partial charge is 0.340 e. The molecule has 0 spiro atoms. The van der Waals surface area contributed by atoms with Gasteiger partial charge in [-0.1, -0.05) is 13.8 Å². The summed E-state index contributed by atoms with van der Waals surface area (Å²) in [6.45, 7) is 11.8. The highest BCUT2D eigenvalue weighted by atomic mass is 32.2. The van der Waals surface area contributed by atoms with Gasteiger partial charge < -0.3 is 54.1 Å². The van der Waals surface area contributed by atoms with Gasteiger partial charge in [-0.2, -0.15) is 0 Å². The molecule has 8 bridgehead atoms. The predicted octanol–water partition coefficient (Wildman–Crippen LogP) is 5.15. The number of nitrogens with zero attached hydrogens (tertiary/aromatic N) is 2. The average molecular weight is 893 g/mol. The van der Waals surface area contributed by atoms with E-state index in [2.05, 4.69) is 29.9 Å². The van der Waals surface area contributed by atoms with Gasteiger partial charge in [-0.05, 0) is 93.2 Å². The summed E-state index contributed by atoms with van der Waals surface area (Å²) in [5, 5.41) is 40.4. The van der Waals surface area contributed by atoms with Gasteiger partial charge in [0.25, 0.3) is 0 Å². The summed E-state index contributed by atoms with van der Waals surface area (Å²) in [6.07, 6.45) is -4.04. The zero-order chi connectivity index (χ0) is 45.9. The molecule has 6 rings (SSSR count). The lowest BCUT2D eigenvalue weighted by Gasteiger charge is -2.39. The van der Waals surface area contributed by atoms with Gasteiger partial charge in [0.2, 0.25) is 0 Å². The molecule has 3 aromatic rings. The van der Waals surface area contributed by atoms with Gasteiger partial charge in [0.15, 0.2) is 0 Å². The van der Waals surface area contributed by atoms with Crippen molar-refractivity contribution >= 4 is 62.9 Å². The Kier molecular flexibility index (Phi) is 15.6. The van der Waals surface area contributed by atoms with Crippen LogP contribution in [0.3, 0.4) is 0 Å². The molecule has 6 N–H and O–H groups in total. The Morgan fingerprint density at radius 1 is 0.873 bits per heavy atom. The molecule has 1 fully saturated rings. The van der Waals surface area contributed by atoms with Crippen LogP contribution in [0.4, 0.5) is 0 Å². The number of carbonyl (C=O) groups is 3. The number of nitrogens with one attached hydrogen (secondary N) is 2. The fourth-order valence-corrected chi connectivity index (χ4v) is 9.94.